The molecule has 0 N–H and O–H groups in total. The summed E-state index contributed by atoms with van der Waals surface area (Å²) in [6, 6.07) is 8.81. The molecule has 0 aromatic heterocycles. The van der Waals surface area contributed by atoms with Crippen LogP contribution >= 0.6 is 15.9 Å². The lowest BCUT2D eigenvalue weighted by Crippen LogP contribution is -2.12. The van der Waals surface area contributed by atoms with E-state index in [1.807, 2.05) is 39.0 Å². The number of rotatable bonds is 3. The maximum atomic E-state index is 12.5. The van der Waals surface area contributed by atoms with Crippen LogP contribution in [0, 0.1) is 27.7 Å². The zero-order chi connectivity index (χ0) is 15.8. The number of halogens is 1. The Labute approximate surface area is 134 Å². The lowest BCUT2D eigenvalue weighted by molar-refractivity contribution is 0.483. The van der Waals surface area contributed by atoms with E-state index in [0.29, 0.717) is 11.3 Å². The lowest BCUT2D eigenvalue weighted by atomic mass is 10.1. The Hall–Kier alpha value is -1.33. The first-order valence-corrected chi connectivity index (χ1v) is 8.69. The maximum Gasteiger partial charge on any atom is 0.339 e. The molecular weight excluding hydrogens is 352 g/mol. The highest BCUT2D eigenvalue weighted by Gasteiger charge is 2.21. The van der Waals surface area contributed by atoms with Crippen LogP contribution in [0.15, 0.2) is 39.7 Å². The zero-order valence-electron chi connectivity index (χ0n) is 12.4. The van der Waals surface area contributed by atoms with Crippen LogP contribution in [0.3, 0.4) is 0 Å². The first-order chi connectivity index (χ1) is 9.70. The van der Waals surface area contributed by atoms with Gasteiger partial charge in [0.1, 0.15) is 10.6 Å². The number of benzene rings is 2. The molecule has 5 heteroatoms. The van der Waals surface area contributed by atoms with Crippen LogP contribution in [0.2, 0.25) is 0 Å². The van der Waals surface area contributed by atoms with Crippen molar-refractivity contribution in [2.24, 2.45) is 0 Å². The number of hydrogen-bond acceptors (Lipinski definition) is 3. The van der Waals surface area contributed by atoms with Crippen molar-refractivity contribution in [1.29, 1.82) is 0 Å². The smallest absolute Gasteiger partial charge is 0.339 e. The molecule has 2 rings (SSSR count). The summed E-state index contributed by atoms with van der Waals surface area (Å²) in [4.78, 5) is 0.181. The van der Waals surface area contributed by atoms with Crippen molar-refractivity contribution in [1.82, 2.24) is 0 Å². The minimum Gasteiger partial charge on any atom is -0.379 e. The monoisotopic (exact) mass is 368 g/mol. The molecule has 0 atom stereocenters. The SMILES string of the molecule is Cc1ccc(OS(=O)(=O)c2cc(Br)c(C)cc2C)c(C)c1. The number of hydrogen-bond donors (Lipinski definition) is 0. The van der Waals surface area contributed by atoms with Crippen LogP contribution in [-0.4, -0.2) is 8.42 Å². The molecule has 0 saturated carbocycles. The predicted molar refractivity (Wildman–Crippen MR) is 87.3 cm³/mol. The van der Waals surface area contributed by atoms with E-state index in [0.717, 1.165) is 21.2 Å². The van der Waals surface area contributed by atoms with E-state index in [1.54, 1.807) is 19.1 Å². The van der Waals surface area contributed by atoms with Crippen molar-refractivity contribution >= 4 is 26.0 Å². The second-order valence-electron chi connectivity index (χ2n) is 5.17. The highest BCUT2D eigenvalue weighted by Crippen LogP contribution is 2.28. The van der Waals surface area contributed by atoms with E-state index in [2.05, 4.69) is 15.9 Å². The third kappa shape index (κ3) is 3.47. The van der Waals surface area contributed by atoms with Crippen LogP contribution in [0.4, 0.5) is 0 Å². The van der Waals surface area contributed by atoms with Gasteiger partial charge in [0.15, 0.2) is 0 Å². The van der Waals surface area contributed by atoms with Gasteiger partial charge in [-0.1, -0.05) is 39.7 Å². The third-order valence-electron chi connectivity index (χ3n) is 3.26. The zero-order valence-corrected chi connectivity index (χ0v) is 14.8. The molecule has 0 aliphatic carbocycles. The van der Waals surface area contributed by atoms with Crippen molar-refractivity contribution in [3.63, 3.8) is 0 Å². The Morgan fingerprint density at radius 1 is 0.905 bits per heavy atom. The molecule has 0 unspecified atom stereocenters. The molecular formula is C16H17BrO3S. The fraction of sp³-hybridized carbons (Fsp3) is 0.250. The Morgan fingerprint density at radius 2 is 1.57 bits per heavy atom. The van der Waals surface area contributed by atoms with Gasteiger partial charge in [0.2, 0.25) is 0 Å². The highest BCUT2D eigenvalue weighted by atomic mass is 79.9. The molecule has 0 aliphatic heterocycles. The summed E-state index contributed by atoms with van der Waals surface area (Å²) < 4.78 is 31.0. The Kier molecular flexibility index (Phi) is 4.44. The van der Waals surface area contributed by atoms with Crippen LogP contribution in [-0.2, 0) is 10.1 Å². The molecule has 0 bridgehead atoms. The van der Waals surface area contributed by atoms with Gasteiger partial charge in [-0.05, 0) is 56.5 Å². The Balaban J connectivity index is 2.46. The van der Waals surface area contributed by atoms with E-state index in [-0.39, 0.29) is 4.90 Å². The molecule has 0 aliphatic rings. The first-order valence-electron chi connectivity index (χ1n) is 6.49. The summed E-state index contributed by atoms with van der Waals surface area (Å²) in [5, 5.41) is 0. The van der Waals surface area contributed by atoms with Crippen LogP contribution in [0.5, 0.6) is 5.75 Å². The Morgan fingerprint density at radius 3 is 2.19 bits per heavy atom. The van der Waals surface area contributed by atoms with Crippen LogP contribution < -0.4 is 4.18 Å². The largest absolute Gasteiger partial charge is 0.379 e. The lowest BCUT2D eigenvalue weighted by Gasteiger charge is -2.13. The molecule has 112 valence electrons. The molecule has 21 heavy (non-hydrogen) atoms. The van der Waals surface area contributed by atoms with Gasteiger partial charge in [0.05, 0.1) is 0 Å². The highest BCUT2D eigenvalue weighted by molar-refractivity contribution is 9.10. The molecule has 0 heterocycles. The van der Waals surface area contributed by atoms with Crippen molar-refractivity contribution in [2.45, 2.75) is 32.6 Å². The third-order valence-corrected chi connectivity index (χ3v) is 5.49. The summed E-state index contributed by atoms with van der Waals surface area (Å²) in [5.74, 6) is 0.358. The summed E-state index contributed by atoms with van der Waals surface area (Å²) in [6.07, 6.45) is 0. The minimum atomic E-state index is -3.85. The maximum absolute atomic E-state index is 12.5. The fourth-order valence-electron chi connectivity index (χ4n) is 2.13. The topological polar surface area (TPSA) is 43.4 Å². The van der Waals surface area contributed by atoms with Gasteiger partial charge in [-0.2, -0.15) is 8.42 Å². The summed E-state index contributed by atoms with van der Waals surface area (Å²) in [7, 11) is -3.85. The second-order valence-corrected chi connectivity index (χ2v) is 7.54. The van der Waals surface area contributed by atoms with Gasteiger partial charge in [-0.3, -0.25) is 0 Å². The fourth-order valence-corrected chi connectivity index (χ4v) is 3.86. The average molecular weight is 369 g/mol. The summed E-state index contributed by atoms with van der Waals surface area (Å²) in [5.41, 5.74) is 3.51. The van der Waals surface area contributed by atoms with E-state index >= 15 is 0 Å². The first kappa shape index (κ1) is 16.0. The quantitative estimate of drug-likeness (QED) is 0.751. The van der Waals surface area contributed by atoms with Crippen molar-refractivity contribution in [3.8, 4) is 5.75 Å². The van der Waals surface area contributed by atoms with E-state index < -0.39 is 10.1 Å². The molecule has 0 amide bonds. The van der Waals surface area contributed by atoms with Crippen LogP contribution in [0.1, 0.15) is 22.3 Å². The van der Waals surface area contributed by atoms with Crippen molar-refractivity contribution in [3.05, 3.63) is 57.1 Å². The summed E-state index contributed by atoms with van der Waals surface area (Å²) in [6.45, 7) is 7.46. The van der Waals surface area contributed by atoms with Crippen LogP contribution in [0.25, 0.3) is 0 Å². The van der Waals surface area contributed by atoms with Gasteiger partial charge in [0, 0.05) is 4.47 Å². The summed E-state index contributed by atoms with van der Waals surface area (Å²) >= 11 is 3.36. The van der Waals surface area contributed by atoms with Gasteiger partial charge < -0.3 is 4.18 Å². The molecule has 2 aromatic rings. The molecule has 3 nitrogen and oxygen atoms in total. The predicted octanol–water partition coefficient (Wildman–Crippen LogP) is 4.45. The molecule has 0 fully saturated rings. The number of aryl methyl sites for hydroxylation is 4. The van der Waals surface area contributed by atoms with Crippen molar-refractivity contribution in [2.75, 3.05) is 0 Å². The average Bonchev–Trinajstić information content (AvgIpc) is 2.37. The van der Waals surface area contributed by atoms with Gasteiger partial charge in [-0.25, -0.2) is 0 Å². The Bertz CT molecular complexity index is 795. The van der Waals surface area contributed by atoms with Gasteiger partial charge in [0.25, 0.3) is 0 Å². The van der Waals surface area contributed by atoms with Gasteiger partial charge >= 0.3 is 10.1 Å². The van der Waals surface area contributed by atoms with Crippen molar-refractivity contribution < 1.29 is 12.6 Å². The minimum absolute atomic E-state index is 0.181. The normalized spacial score (nSPS) is 11.5. The molecule has 0 saturated heterocycles. The second kappa shape index (κ2) is 5.81. The van der Waals surface area contributed by atoms with E-state index in [1.165, 1.54) is 0 Å². The van der Waals surface area contributed by atoms with Gasteiger partial charge in [-0.15, -0.1) is 0 Å². The molecule has 0 radical (unpaired) electrons. The van der Waals surface area contributed by atoms with E-state index in [9.17, 15) is 8.42 Å². The molecule has 0 spiro atoms. The molecule has 2 aromatic carbocycles. The standard InChI is InChI=1S/C16H17BrO3S/c1-10-5-6-15(12(3)7-10)20-21(18,19)16-9-14(17)11(2)8-13(16)4/h5-9H,1-4H3. The van der Waals surface area contributed by atoms with E-state index in [4.69, 9.17) is 4.18 Å².